The van der Waals surface area contributed by atoms with E-state index in [-0.39, 0.29) is 10.8 Å². The van der Waals surface area contributed by atoms with E-state index < -0.39 is 23.8 Å². The Balaban J connectivity index is 2.59. The Morgan fingerprint density at radius 1 is 1.33 bits per heavy atom. The van der Waals surface area contributed by atoms with E-state index in [1.807, 2.05) is 10.1 Å². The van der Waals surface area contributed by atoms with Crippen LogP contribution >= 0.6 is 11.8 Å². The van der Waals surface area contributed by atoms with E-state index in [1.54, 1.807) is 0 Å². The van der Waals surface area contributed by atoms with Crippen LogP contribution in [0.5, 0.6) is 0 Å². The molecule has 0 saturated carbocycles. The van der Waals surface area contributed by atoms with Crippen LogP contribution in [0.4, 0.5) is 13.2 Å². The van der Waals surface area contributed by atoms with Crippen molar-refractivity contribution in [2.24, 2.45) is 0 Å². The van der Waals surface area contributed by atoms with Gasteiger partial charge in [-0.15, -0.1) is 0 Å². The van der Waals surface area contributed by atoms with Crippen molar-refractivity contribution >= 4 is 11.8 Å². The molecule has 0 amide bonds. The zero-order valence-electron chi connectivity index (χ0n) is 7.22. The third kappa shape index (κ3) is 4.19. The summed E-state index contributed by atoms with van der Waals surface area (Å²) in [5, 5.41) is 5.06. The molecule has 0 fully saturated rings. The molecule has 0 saturated heterocycles. The number of H-pyrrole nitrogens is 2. The van der Waals surface area contributed by atoms with Crippen LogP contribution in [0.2, 0.25) is 0 Å². The highest BCUT2D eigenvalue weighted by Gasteiger charge is 2.26. The van der Waals surface area contributed by atoms with Gasteiger partial charge >= 0.3 is 11.9 Å². The molecule has 9 heteroatoms. The molecule has 5 nitrogen and oxygen atoms in total. The van der Waals surface area contributed by atoms with Crippen LogP contribution in [-0.2, 0) is 0 Å². The number of aromatic nitrogens is 3. The van der Waals surface area contributed by atoms with Crippen LogP contribution in [0.25, 0.3) is 0 Å². The number of rotatable bonds is 3. The predicted molar refractivity (Wildman–Crippen MR) is 46.9 cm³/mol. The standard InChI is InChI=1S/C6H6F3N3O2S/c7-6(8,9)1-2-15-4-3(13)10-5(14)12-11-4/h1-2H2,(H2,10,12,13,14). The molecular weight excluding hydrogens is 235 g/mol. The maximum Gasteiger partial charge on any atom is 0.389 e. The molecule has 2 N–H and O–H groups in total. The third-order valence-corrected chi connectivity index (χ3v) is 2.26. The van der Waals surface area contributed by atoms with Gasteiger partial charge in [-0.1, -0.05) is 11.8 Å². The first-order valence-electron chi connectivity index (χ1n) is 3.77. The molecule has 0 aliphatic rings. The molecule has 0 atom stereocenters. The Kier molecular flexibility index (Phi) is 3.56. The summed E-state index contributed by atoms with van der Waals surface area (Å²) >= 11 is 0.638. The van der Waals surface area contributed by atoms with E-state index in [0.717, 1.165) is 0 Å². The highest BCUT2D eigenvalue weighted by molar-refractivity contribution is 7.99. The molecule has 0 unspecified atom stereocenters. The summed E-state index contributed by atoms with van der Waals surface area (Å²) in [5.41, 5.74) is -1.58. The van der Waals surface area contributed by atoms with Crippen molar-refractivity contribution in [3.05, 3.63) is 20.8 Å². The van der Waals surface area contributed by atoms with Crippen molar-refractivity contribution in [2.75, 3.05) is 5.75 Å². The topological polar surface area (TPSA) is 78.6 Å². The summed E-state index contributed by atoms with van der Waals surface area (Å²) in [4.78, 5) is 23.3. The Labute approximate surface area is 85.1 Å². The molecule has 0 aliphatic heterocycles. The second-order valence-corrected chi connectivity index (χ2v) is 3.61. The van der Waals surface area contributed by atoms with Crippen molar-refractivity contribution in [3.8, 4) is 0 Å². The fraction of sp³-hybridized carbons (Fsp3) is 0.500. The largest absolute Gasteiger partial charge is 0.389 e. The van der Waals surface area contributed by atoms with E-state index in [2.05, 4.69) is 5.10 Å². The minimum Gasteiger partial charge on any atom is -0.271 e. The summed E-state index contributed by atoms with van der Waals surface area (Å²) < 4.78 is 35.2. The van der Waals surface area contributed by atoms with Gasteiger partial charge in [0, 0.05) is 5.75 Å². The number of nitrogens with one attached hydrogen (secondary N) is 2. The molecule has 0 aliphatic carbocycles. The fourth-order valence-electron chi connectivity index (χ4n) is 0.698. The summed E-state index contributed by atoms with van der Waals surface area (Å²) in [6, 6.07) is 0. The Hall–Kier alpha value is -1.25. The molecule has 15 heavy (non-hydrogen) atoms. The number of nitrogens with zero attached hydrogens (tertiary/aromatic N) is 1. The molecule has 0 aromatic carbocycles. The maximum absolute atomic E-state index is 11.7. The minimum atomic E-state index is -4.26. The second kappa shape index (κ2) is 4.51. The highest BCUT2D eigenvalue weighted by Crippen LogP contribution is 2.23. The first-order valence-corrected chi connectivity index (χ1v) is 4.75. The lowest BCUT2D eigenvalue weighted by molar-refractivity contribution is -0.129. The third-order valence-electron chi connectivity index (χ3n) is 1.30. The summed E-state index contributed by atoms with van der Waals surface area (Å²) in [6.07, 6.45) is -5.28. The van der Waals surface area contributed by atoms with Gasteiger partial charge in [-0.05, 0) is 0 Å². The molecule has 1 heterocycles. The summed E-state index contributed by atoms with van der Waals surface area (Å²) in [7, 11) is 0. The number of hydrogen-bond donors (Lipinski definition) is 2. The van der Waals surface area contributed by atoms with E-state index in [4.69, 9.17) is 0 Å². The SMILES string of the molecule is O=c1[nH]nc(SCCC(F)(F)F)c(=O)[nH]1. The average molecular weight is 241 g/mol. The van der Waals surface area contributed by atoms with Gasteiger partial charge in [0.15, 0.2) is 5.03 Å². The number of thioether (sulfide) groups is 1. The fourth-order valence-corrected chi connectivity index (χ4v) is 1.52. The van der Waals surface area contributed by atoms with Crippen LogP contribution in [0.1, 0.15) is 6.42 Å². The molecule has 0 bridgehead atoms. The molecule has 1 aromatic heterocycles. The molecule has 84 valence electrons. The highest BCUT2D eigenvalue weighted by atomic mass is 32.2. The number of alkyl halides is 3. The predicted octanol–water partition coefficient (Wildman–Crippen LogP) is 0.503. The van der Waals surface area contributed by atoms with Crippen molar-refractivity contribution in [3.63, 3.8) is 0 Å². The van der Waals surface area contributed by atoms with Gasteiger partial charge in [-0.3, -0.25) is 9.78 Å². The van der Waals surface area contributed by atoms with Crippen LogP contribution in [0, 0.1) is 0 Å². The maximum atomic E-state index is 11.7. The zero-order chi connectivity index (χ0) is 11.5. The van der Waals surface area contributed by atoms with E-state index >= 15 is 0 Å². The van der Waals surface area contributed by atoms with Gasteiger partial charge in [0.2, 0.25) is 0 Å². The van der Waals surface area contributed by atoms with E-state index in [9.17, 15) is 22.8 Å². The van der Waals surface area contributed by atoms with Gasteiger partial charge in [0.1, 0.15) is 0 Å². The average Bonchev–Trinajstić information content (AvgIpc) is 2.07. The number of aromatic amines is 2. The zero-order valence-corrected chi connectivity index (χ0v) is 8.04. The van der Waals surface area contributed by atoms with Crippen molar-refractivity contribution in [1.29, 1.82) is 0 Å². The molecule has 0 radical (unpaired) electrons. The van der Waals surface area contributed by atoms with Crippen LogP contribution in [0.15, 0.2) is 14.6 Å². The van der Waals surface area contributed by atoms with Crippen LogP contribution < -0.4 is 11.2 Å². The van der Waals surface area contributed by atoms with E-state index in [1.165, 1.54) is 0 Å². The Bertz CT molecular complexity index is 438. The normalized spacial score (nSPS) is 11.7. The Morgan fingerprint density at radius 3 is 2.53 bits per heavy atom. The van der Waals surface area contributed by atoms with Crippen LogP contribution in [0.3, 0.4) is 0 Å². The molecule has 1 aromatic rings. The smallest absolute Gasteiger partial charge is 0.271 e. The summed E-state index contributed by atoms with van der Waals surface area (Å²) in [5.74, 6) is -0.314. The lowest BCUT2D eigenvalue weighted by Crippen LogP contribution is -2.25. The minimum absolute atomic E-state index is 0.182. The van der Waals surface area contributed by atoms with Gasteiger partial charge in [-0.2, -0.15) is 18.3 Å². The molecular formula is C6H6F3N3O2S. The van der Waals surface area contributed by atoms with E-state index in [0.29, 0.717) is 11.8 Å². The van der Waals surface area contributed by atoms with Gasteiger partial charge in [-0.25, -0.2) is 9.89 Å². The second-order valence-electron chi connectivity index (χ2n) is 2.53. The number of hydrogen-bond acceptors (Lipinski definition) is 4. The van der Waals surface area contributed by atoms with Crippen molar-refractivity contribution < 1.29 is 13.2 Å². The van der Waals surface area contributed by atoms with Crippen molar-refractivity contribution in [1.82, 2.24) is 15.2 Å². The first-order chi connectivity index (χ1) is 6.88. The van der Waals surface area contributed by atoms with Crippen LogP contribution in [-0.4, -0.2) is 27.1 Å². The number of halogens is 3. The first kappa shape index (κ1) is 11.8. The Morgan fingerprint density at radius 2 is 2.00 bits per heavy atom. The quantitative estimate of drug-likeness (QED) is 0.755. The monoisotopic (exact) mass is 241 g/mol. The van der Waals surface area contributed by atoms with Gasteiger partial charge in [0.05, 0.1) is 6.42 Å². The lowest BCUT2D eigenvalue weighted by atomic mass is 10.5. The van der Waals surface area contributed by atoms with Gasteiger partial charge < -0.3 is 0 Å². The molecule has 1 rings (SSSR count). The molecule has 0 spiro atoms. The lowest BCUT2D eigenvalue weighted by Gasteiger charge is -2.03. The van der Waals surface area contributed by atoms with Crippen molar-refractivity contribution in [2.45, 2.75) is 17.6 Å². The summed E-state index contributed by atoms with van der Waals surface area (Å²) in [6.45, 7) is 0. The van der Waals surface area contributed by atoms with Gasteiger partial charge in [0.25, 0.3) is 5.56 Å².